The van der Waals surface area contributed by atoms with Crippen LogP contribution in [0.3, 0.4) is 0 Å². The van der Waals surface area contributed by atoms with Crippen LogP contribution in [0.15, 0.2) is 30.3 Å². The van der Waals surface area contributed by atoms with Gasteiger partial charge in [-0.1, -0.05) is 6.07 Å². The first kappa shape index (κ1) is 15.8. The van der Waals surface area contributed by atoms with Gasteiger partial charge in [0.15, 0.2) is 17.6 Å². The quantitative estimate of drug-likeness (QED) is 0.491. The first-order chi connectivity index (χ1) is 11.3. The Hall–Kier alpha value is -3.09. The lowest BCUT2D eigenvalue weighted by Crippen LogP contribution is -2.34. The van der Waals surface area contributed by atoms with E-state index < -0.39 is 18.2 Å². The summed E-state index contributed by atoms with van der Waals surface area (Å²) in [6.45, 7) is 1.26. The summed E-state index contributed by atoms with van der Waals surface area (Å²) in [5.41, 5.74) is 0.892. The predicted octanol–water partition coefficient (Wildman–Crippen LogP) is 2.12. The van der Waals surface area contributed by atoms with Gasteiger partial charge in [-0.05, 0) is 12.1 Å². The largest absolute Gasteiger partial charge is 0.508 e. The van der Waals surface area contributed by atoms with Crippen LogP contribution in [0.5, 0.6) is 28.7 Å². The SMILES string of the molecule is CC(=O)O[C@@H]1Cc2c(O)cc(O)cc2OC1c1ccc(O)c(O)c1. The Morgan fingerprint density at radius 2 is 1.83 bits per heavy atom. The van der Waals surface area contributed by atoms with Crippen molar-refractivity contribution in [3.05, 3.63) is 41.5 Å². The molecule has 1 heterocycles. The average molecular weight is 332 g/mol. The highest BCUT2D eigenvalue weighted by molar-refractivity contribution is 5.66. The zero-order chi connectivity index (χ0) is 17.4. The molecule has 2 aromatic carbocycles. The third-order valence-corrected chi connectivity index (χ3v) is 3.81. The lowest BCUT2D eigenvalue weighted by molar-refractivity contribution is -0.152. The molecule has 7 nitrogen and oxygen atoms in total. The minimum Gasteiger partial charge on any atom is -0.508 e. The van der Waals surface area contributed by atoms with Gasteiger partial charge in [0.1, 0.15) is 23.4 Å². The van der Waals surface area contributed by atoms with Crippen molar-refractivity contribution in [3.63, 3.8) is 0 Å². The molecule has 2 aromatic rings. The summed E-state index contributed by atoms with van der Waals surface area (Å²) >= 11 is 0. The smallest absolute Gasteiger partial charge is 0.303 e. The average Bonchev–Trinajstić information content (AvgIpc) is 2.49. The zero-order valence-corrected chi connectivity index (χ0v) is 12.8. The van der Waals surface area contributed by atoms with Crippen molar-refractivity contribution in [1.29, 1.82) is 0 Å². The molecular weight excluding hydrogens is 316 g/mol. The molecule has 0 saturated carbocycles. The van der Waals surface area contributed by atoms with Crippen LogP contribution in [0.25, 0.3) is 0 Å². The molecule has 1 aliphatic heterocycles. The van der Waals surface area contributed by atoms with Crippen LogP contribution >= 0.6 is 0 Å². The van der Waals surface area contributed by atoms with E-state index in [4.69, 9.17) is 9.47 Å². The van der Waals surface area contributed by atoms with Crippen LogP contribution in [0.1, 0.15) is 24.2 Å². The topological polar surface area (TPSA) is 116 Å². The monoisotopic (exact) mass is 332 g/mol. The molecule has 2 atom stereocenters. The van der Waals surface area contributed by atoms with Crippen molar-refractivity contribution >= 4 is 5.97 Å². The van der Waals surface area contributed by atoms with Crippen molar-refractivity contribution in [1.82, 2.24) is 0 Å². The maximum Gasteiger partial charge on any atom is 0.303 e. The first-order valence-corrected chi connectivity index (χ1v) is 7.25. The second-order valence-corrected chi connectivity index (χ2v) is 5.58. The van der Waals surface area contributed by atoms with E-state index in [2.05, 4.69) is 0 Å². The second-order valence-electron chi connectivity index (χ2n) is 5.58. The summed E-state index contributed by atoms with van der Waals surface area (Å²) in [7, 11) is 0. The minimum atomic E-state index is -0.769. The minimum absolute atomic E-state index is 0.158. The van der Waals surface area contributed by atoms with Crippen molar-refractivity contribution < 1.29 is 34.7 Å². The molecule has 0 bridgehead atoms. The number of hydrogen-bond donors (Lipinski definition) is 4. The Kier molecular flexibility index (Phi) is 3.84. The van der Waals surface area contributed by atoms with E-state index in [1.54, 1.807) is 0 Å². The number of phenolic OH excluding ortho intramolecular Hbond substituents is 4. The zero-order valence-electron chi connectivity index (χ0n) is 12.8. The maximum absolute atomic E-state index is 11.4. The molecular formula is C17H16O7. The number of esters is 1. The Labute approximate surface area is 137 Å². The van der Waals surface area contributed by atoms with Gasteiger partial charge >= 0.3 is 5.97 Å². The van der Waals surface area contributed by atoms with Crippen LogP contribution in [0, 0.1) is 0 Å². The number of ether oxygens (including phenoxy) is 2. The Balaban J connectivity index is 2.04. The Morgan fingerprint density at radius 3 is 2.50 bits per heavy atom. The van der Waals surface area contributed by atoms with E-state index in [0.29, 0.717) is 11.1 Å². The van der Waals surface area contributed by atoms with Gasteiger partial charge in [-0.2, -0.15) is 0 Å². The molecule has 1 unspecified atom stereocenters. The van der Waals surface area contributed by atoms with E-state index in [1.807, 2.05) is 0 Å². The third-order valence-electron chi connectivity index (χ3n) is 3.81. The first-order valence-electron chi connectivity index (χ1n) is 7.25. The lowest BCUT2D eigenvalue weighted by atomic mass is 9.93. The summed E-state index contributed by atoms with van der Waals surface area (Å²) in [6, 6.07) is 6.67. The standard InChI is InChI=1S/C17H16O7/c1-8(18)23-16-7-11-13(21)5-10(19)6-15(11)24-17(16)9-2-3-12(20)14(22)4-9/h2-6,16-17,19-22H,7H2,1H3/t16-,17?/m1/s1. The summed E-state index contributed by atoms with van der Waals surface area (Å²) in [5, 5.41) is 38.7. The molecule has 0 spiro atoms. The van der Waals surface area contributed by atoms with Crippen LogP contribution in [-0.2, 0) is 16.0 Å². The van der Waals surface area contributed by atoms with Crippen LogP contribution < -0.4 is 4.74 Å². The number of fused-ring (bicyclic) bond motifs is 1. The van der Waals surface area contributed by atoms with Gasteiger partial charge in [-0.15, -0.1) is 0 Å². The number of carbonyl (C=O) groups is 1. The number of aromatic hydroxyl groups is 4. The summed E-state index contributed by atoms with van der Waals surface area (Å²) in [5.74, 6) is -1.19. The van der Waals surface area contributed by atoms with E-state index in [0.717, 1.165) is 0 Å². The van der Waals surface area contributed by atoms with Crippen molar-refractivity contribution in [3.8, 4) is 28.7 Å². The van der Waals surface area contributed by atoms with Crippen LogP contribution in [0.2, 0.25) is 0 Å². The van der Waals surface area contributed by atoms with Crippen molar-refractivity contribution in [2.45, 2.75) is 25.6 Å². The molecule has 0 amide bonds. The summed E-state index contributed by atoms with van der Waals surface area (Å²) in [6.07, 6.45) is -1.34. The van der Waals surface area contributed by atoms with Gasteiger partial charge in [-0.3, -0.25) is 4.79 Å². The van der Waals surface area contributed by atoms with Crippen molar-refractivity contribution in [2.75, 3.05) is 0 Å². The molecule has 1 aliphatic rings. The van der Waals surface area contributed by atoms with Crippen LogP contribution in [-0.4, -0.2) is 32.5 Å². The van der Waals surface area contributed by atoms with Gasteiger partial charge in [0.2, 0.25) is 0 Å². The Bertz CT molecular complexity index is 800. The molecule has 24 heavy (non-hydrogen) atoms. The van der Waals surface area contributed by atoms with Crippen LogP contribution in [0.4, 0.5) is 0 Å². The van der Waals surface area contributed by atoms with Crippen molar-refractivity contribution in [2.24, 2.45) is 0 Å². The normalized spacial score (nSPS) is 19.2. The van der Waals surface area contributed by atoms with E-state index >= 15 is 0 Å². The molecule has 0 radical (unpaired) electrons. The molecule has 7 heteroatoms. The summed E-state index contributed by atoms with van der Waals surface area (Å²) < 4.78 is 11.1. The number of hydrogen-bond acceptors (Lipinski definition) is 7. The van der Waals surface area contributed by atoms with Gasteiger partial charge in [0.25, 0.3) is 0 Å². The van der Waals surface area contributed by atoms with Gasteiger partial charge in [0.05, 0.1) is 0 Å². The number of phenols is 4. The van der Waals surface area contributed by atoms with E-state index in [1.165, 1.54) is 37.3 Å². The molecule has 126 valence electrons. The molecule has 3 rings (SSSR count). The molecule has 0 aliphatic carbocycles. The maximum atomic E-state index is 11.4. The fourth-order valence-electron chi connectivity index (χ4n) is 2.76. The Morgan fingerprint density at radius 1 is 1.08 bits per heavy atom. The highest BCUT2D eigenvalue weighted by Crippen LogP contribution is 2.43. The molecule has 0 aromatic heterocycles. The molecule has 4 N–H and O–H groups in total. The molecule has 0 saturated heterocycles. The van der Waals surface area contributed by atoms with E-state index in [-0.39, 0.29) is 35.2 Å². The number of rotatable bonds is 2. The summed E-state index contributed by atoms with van der Waals surface area (Å²) in [4.78, 5) is 11.4. The third kappa shape index (κ3) is 2.88. The molecule has 0 fully saturated rings. The van der Waals surface area contributed by atoms with E-state index in [9.17, 15) is 25.2 Å². The fraction of sp³-hybridized carbons (Fsp3) is 0.235. The second kappa shape index (κ2) is 5.84. The highest BCUT2D eigenvalue weighted by Gasteiger charge is 2.35. The predicted molar refractivity (Wildman–Crippen MR) is 82.2 cm³/mol. The lowest BCUT2D eigenvalue weighted by Gasteiger charge is -2.33. The highest BCUT2D eigenvalue weighted by atomic mass is 16.6. The van der Waals surface area contributed by atoms with Gasteiger partial charge in [-0.25, -0.2) is 0 Å². The fourth-order valence-corrected chi connectivity index (χ4v) is 2.76. The number of carbonyl (C=O) groups excluding carboxylic acids is 1. The number of benzene rings is 2. The van der Waals surface area contributed by atoms with Gasteiger partial charge < -0.3 is 29.9 Å². The van der Waals surface area contributed by atoms with Gasteiger partial charge in [0, 0.05) is 36.6 Å².